The van der Waals surface area contributed by atoms with Gasteiger partial charge < -0.3 is 5.11 Å². The van der Waals surface area contributed by atoms with Crippen LogP contribution in [-0.2, 0) is 6.42 Å². The van der Waals surface area contributed by atoms with Gasteiger partial charge >= 0.3 is 0 Å². The van der Waals surface area contributed by atoms with Gasteiger partial charge in [0.25, 0.3) is 0 Å². The van der Waals surface area contributed by atoms with E-state index in [2.05, 4.69) is 18.1 Å². The van der Waals surface area contributed by atoms with E-state index in [4.69, 9.17) is 0 Å². The predicted molar refractivity (Wildman–Crippen MR) is 83.2 cm³/mol. The molecule has 4 heteroatoms. The summed E-state index contributed by atoms with van der Waals surface area (Å²) in [6, 6.07) is 6.39. The Morgan fingerprint density at radius 2 is 2.14 bits per heavy atom. The zero-order valence-electron chi connectivity index (χ0n) is 12.6. The summed E-state index contributed by atoms with van der Waals surface area (Å²) in [6.07, 6.45) is 7.39. The van der Waals surface area contributed by atoms with E-state index in [1.165, 1.54) is 17.7 Å². The summed E-state index contributed by atoms with van der Waals surface area (Å²) >= 11 is 0. The van der Waals surface area contributed by atoms with E-state index < -0.39 is 0 Å². The maximum absolute atomic E-state index is 13.1. The van der Waals surface area contributed by atoms with Gasteiger partial charge in [-0.1, -0.05) is 12.5 Å². The number of rotatable bonds is 2. The lowest BCUT2D eigenvalue weighted by atomic mass is 9.70. The molecule has 2 aromatic rings. The van der Waals surface area contributed by atoms with Crippen LogP contribution in [0.4, 0.5) is 4.39 Å². The minimum Gasteiger partial charge on any atom is -0.392 e. The first-order valence-electron chi connectivity index (χ1n) is 7.86. The topological polar surface area (TPSA) is 38.0 Å². The van der Waals surface area contributed by atoms with Crippen LogP contribution in [0.1, 0.15) is 37.4 Å². The van der Waals surface area contributed by atoms with Crippen LogP contribution in [0.15, 0.2) is 36.0 Å². The second-order valence-electron chi connectivity index (χ2n) is 6.35. The van der Waals surface area contributed by atoms with E-state index in [9.17, 15) is 9.50 Å². The van der Waals surface area contributed by atoms with Crippen molar-refractivity contribution in [2.24, 2.45) is 5.41 Å². The lowest BCUT2D eigenvalue weighted by Gasteiger charge is -2.36. The summed E-state index contributed by atoms with van der Waals surface area (Å²) in [7, 11) is 0. The molecule has 2 atom stereocenters. The molecule has 2 unspecified atom stereocenters. The van der Waals surface area contributed by atoms with Gasteiger partial charge in [-0.05, 0) is 61.6 Å². The molecular formula is C18H19FN2O. The van der Waals surface area contributed by atoms with Crippen molar-refractivity contribution in [3.63, 3.8) is 0 Å². The summed E-state index contributed by atoms with van der Waals surface area (Å²) in [5.74, 6) is -0.243. The van der Waals surface area contributed by atoms with Crippen molar-refractivity contribution < 1.29 is 9.50 Å². The fourth-order valence-electron chi connectivity index (χ4n) is 4.04. The van der Waals surface area contributed by atoms with Crippen molar-refractivity contribution in [1.82, 2.24) is 9.78 Å². The zero-order valence-corrected chi connectivity index (χ0v) is 12.6. The molecule has 1 N–H and O–H groups in total. The molecule has 1 fully saturated rings. The molecule has 0 bridgehead atoms. The van der Waals surface area contributed by atoms with Gasteiger partial charge in [-0.15, -0.1) is 0 Å². The van der Waals surface area contributed by atoms with E-state index in [0.29, 0.717) is 0 Å². The van der Waals surface area contributed by atoms with Gasteiger partial charge in [-0.2, -0.15) is 5.10 Å². The van der Waals surface area contributed by atoms with Crippen LogP contribution in [0, 0.1) is 11.2 Å². The molecule has 1 saturated carbocycles. The van der Waals surface area contributed by atoms with E-state index >= 15 is 0 Å². The Labute approximate surface area is 129 Å². The van der Waals surface area contributed by atoms with Gasteiger partial charge in [0.2, 0.25) is 0 Å². The number of nitrogens with zero attached hydrogens (tertiary/aromatic N) is 2. The Kier molecular flexibility index (Phi) is 2.98. The number of fused-ring (bicyclic) bond motifs is 2. The number of halogens is 1. The molecule has 22 heavy (non-hydrogen) atoms. The van der Waals surface area contributed by atoms with Gasteiger partial charge in [0.15, 0.2) is 0 Å². The van der Waals surface area contributed by atoms with Crippen LogP contribution in [0.5, 0.6) is 0 Å². The first-order valence-corrected chi connectivity index (χ1v) is 7.86. The number of hydrogen-bond acceptors (Lipinski definition) is 2. The van der Waals surface area contributed by atoms with Gasteiger partial charge in [0, 0.05) is 5.41 Å². The number of aliphatic hydroxyl groups excluding tert-OH is 1. The molecule has 2 aliphatic rings. The Morgan fingerprint density at radius 3 is 2.86 bits per heavy atom. The number of aromatic nitrogens is 2. The van der Waals surface area contributed by atoms with Gasteiger partial charge in [-0.25, -0.2) is 9.07 Å². The SMILES string of the molecule is CCC12Cc3cnn(-c4ccc(F)cc4)c3C=C1CCC2O. The lowest BCUT2D eigenvalue weighted by Crippen LogP contribution is -2.34. The summed E-state index contributed by atoms with van der Waals surface area (Å²) in [5, 5.41) is 14.9. The number of benzene rings is 1. The third-order valence-electron chi connectivity index (χ3n) is 5.37. The fourth-order valence-corrected chi connectivity index (χ4v) is 4.04. The summed E-state index contributed by atoms with van der Waals surface area (Å²) in [4.78, 5) is 0. The molecular weight excluding hydrogens is 279 g/mol. The highest BCUT2D eigenvalue weighted by Crippen LogP contribution is 2.51. The maximum atomic E-state index is 13.1. The van der Waals surface area contributed by atoms with Crippen molar-refractivity contribution in [3.05, 3.63) is 53.1 Å². The average molecular weight is 298 g/mol. The molecule has 0 saturated heterocycles. The molecule has 3 nitrogen and oxygen atoms in total. The Balaban J connectivity index is 1.82. The first kappa shape index (κ1) is 13.7. The fraction of sp³-hybridized carbons (Fsp3) is 0.389. The third-order valence-corrected chi connectivity index (χ3v) is 5.37. The molecule has 0 spiro atoms. The molecule has 0 amide bonds. The highest BCUT2D eigenvalue weighted by molar-refractivity contribution is 5.62. The highest BCUT2D eigenvalue weighted by atomic mass is 19.1. The largest absolute Gasteiger partial charge is 0.392 e. The molecule has 1 heterocycles. The minimum absolute atomic E-state index is 0.107. The predicted octanol–water partition coefficient (Wildman–Crippen LogP) is 3.50. The molecule has 2 aliphatic carbocycles. The van der Waals surface area contributed by atoms with Crippen LogP contribution in [0.25, 0.3) is 11.8 Å². The van der Waals surface area contributed by atoms with Gasteiger partial charge in [-0.3, -0.25) is 0 Å². The quantitative estimate of drug-likeness (QED) is 0.921. The summed E-state index contributed by atoms with van der Waals surface area (Å²) in [6.45, 7) is 2.15. The first-order chi connectivity index (χ1) is 10.6. The zero-order chi connectivity index (χ0) is 15.3. The number of hydrogen-bond donors (Lipinski definition) is 1. The summed E-state index contributed by atoms with van der Waals surface area (Å²) < 4.78 is 15.0. The van der Waals surface area contributed by atoms with Crippen molar-refractivity contribution >= 4 is 6.08 Å². The van der Waals surface area contributed by atoms with E-state index in [1.807, 2.05) is 10.9 Å². The second kappa shape index (κ2) is 4.78. The minimum atomic E-state index is -0.258. The maximum Gasteiger partial charge on any atom is 0.123 e. The van der Waals surface area contributed by atoms with E-state index in [-0.39, 0.29) is 17.3 Å². The Morgan fingerprint density at radius 1 is 1.36 bits per heavy atom. The Hall–Kier alpha value is -1.94. The van der Waals surface area contributed by atoms with Crippen LogP contribution in [0.2, 0.25) is 0 Å². The van der Waals surface area contributed by atoms with Crippen molar-refractivity contribution in [2.75, 3.05) is 0 Å². The number of aliphatic hydroxyl groups is 1. The molecule has 1 aromatic heterocycles. The van der Waals surface area contributed by atoms with Crippen LogP contribution in [0.3, 0.4) is 0 Å². The van der Waals surface area contributed by atoms with Crippen LogP contribution in [-0.4, -0.2) is 21.0 Å². The molecule has 1 aromatic carbocycles. The summed E-state index contributed by atoms with van der Waals surface area (Å²) in [5.41, 5.74) is 4.32. The molecule has 4 rings (SSSR count). The molecule has 0 aliphatic heterocycles. The van der Waals surface area contributed by atoms with Crippen LogP contribution >= 0.6 is 0 Å². The van der Waals surface area contributed by atoms with Gasteiger partial charge in [0.1, 0.15) is 5.82 Å². The normalized spacial score (nSPS) is 26.5. The molecule has 0 radical (unpaired) electrons. The van der Waals surface area contributed by atoms with E-state index in [0.717, 1.165) is 42.6 Å². The average Bonchev–Trinajstić information content (AvgIpc) is 3.08. The van der Waals surface area contributed by atoms with E-state index in [1.54, 1.807) is 12.1 Å². The Bertz CT molecular complexity index is 747. The monoisotopic (exact) mass is 298 g/mol. The van der Waals surface area contributed by atoms with Crippen molar-refractivity contribution in [3.8, 4) is 5.69 Å². The highest BCUT2D eigenvalue weighted by Gasteiger charge is 2.47. The standard InChI is InChI=1S/C18H19FN2O/c1-2-18-10-12-11-20-21(15-6-4-14(19)5-7-15)16(12)9-13(18)3-8-17(18)22/h4-7,9,11,17,22H,2-3,8,10H2,1H3. The third kappa shape index (κ3) is 1.80. The molecule has 114 valence electrons. The second-order valence-corrected chi connectivity index (χ2v) is 6.35. The van der Waals surface area contributed by atoms with Crippen molar-refractivity contribution in [1.29, 1.82) is 0 Å². The van der Waals surface area contributed by atoms with Crippen molar-refractivity contribution in [2.45, 2.75) is 38.7 Å². The smallest absolute Gasteiger partial charge is 0.123 e. The van der Waals surface area contributed by atoms with Gasteiger partial charge in [0.05, 0.1) is 23.7 Å². The lowest BCUT2D eigenvalue weighted by molar-refractivity contribution is 0.0684. The van der Waals surface area contributed by atoms with Crippen LogP contribution < -0.4 is 0 Å².